The van der Waals surface area contributed by atoms with Gasteiger partial charge in [0.2, 0.25) is 0 Å². The zero-order chi connectivity index (χ0) is 10.8. The second-order valence-electron chi connectivity index (χ2n) is 4.00. The Balaban J connectivity index is 2.05. The molecule has 1 heterocycles. The van der Waals surface area contributed by atoms with Crippen LogP contribution < -0.4 is 0 Å². The third-order valence-corrected chi connectivity index (χ3v) is 2.94. The molecule has 80 valence electrons. The monoisotopic (exact) mass is 205 g/mol. The van der Waals surface area contributed by atoms with Crippen LogP contribution in [-0.4, -0.2) is 17.1 Å². The zero-order valence-electron chi connectivity index (χ0n) is 9.01. The molecular formula is C12H15NO2. The molecule has 0 saturated carbocycles. The van der Waals surface area contributed by atoms with Gasteiger partial charge in [-0.25, -0.2) is 4.79 Å². The van der Waals surface area contributed by atoms with E-state index in [0.717, 1.165) is 5.56 Å². The second kappa shape index (κ2) is 4.03. The van der Waals surface area contributed by atoms with Crippen LogP contribution in [0.5, 0.6) is 0 Å². The predicted molar refractivity (Wildman–Crippen MR) is 56.7 cm³/mol. The van der Waals surface area contributed by atoms with Crippen LogP contribution in [0.4, 0.5) is 0 Å². The summed E-state index contributed by atoms with van der Waals surface area (Å²) >= 11 is 0. The molecule has 0 unspecified atom stereocenters. The fraction of sp³-hybridized carbons (Fsp3) is 0.417. The summed E-state index contributed by atoms with van der Waals surface area (Å²) in [5, 5.41) is 1.75. The molecule has 0 N–H and O–H groups in total. The number of benzene rings is 1. The van der Waals surface area contributed by atoms with Crippen molar-refractivity contribution in [3.63, 3.8) is 0 Å². The highest BCUT2D eigenvalue weighted by molar-refractivity contribution is 5.74. The van der Waals surface area contributed by atoms with Gasteiger partial charge in [-0.2, -0.15) is 0 Å². The van der Waals surface area contributed by atoms with E-state index in [4.69, 9.17) is 4.84 Å². The normalized spacial score (nSPS) is 26.7. The topological polar surface area (TPSA) is 29.5 Å². The summed E-state index contributed by atoms with van der Waals surface area (Å²) in [5.74, 6) is -0.160. The Labute approximate surface area is 89.6 Å². The van der Waals surface area contributed by atoms with Crippen molar-refractivity contribution in [2.45, 2.75) is 26.4 Å². The molecule has 1 aliphatic rings. The quantitative estimate of drug-likeness (QED) is 0.739. The SMILES string of the molecule is C[C@@H]1C(=O)ON(Cc2ccccc2)[C@@H]1C. The highest BCUT2D eigenvalue weighted by Gasteiger charge is 2.36. The number of hydrogen-bond donors (Lipinski definition) is 0. The molecule has 0 aromatic heterocycles. The standard InChI is InChI=1S/C12H15NO2/c1-9-10(2)13(15-12(9)14)8-11-6-4-3-5-7-11/h3-7,9-10H,8H2,1-2H3/t9-,10+/m0/s1. The third kappa shape index (κ3) is 2.02. The van der Waals surface area contributed by atoms with E-state index in [1.54, 1.807) is 5.06 Å². The maximum absolute atomic E-state index is 11.3. The van der Waals surface area contributed by atoms with Crippen LogP contribution in [-0.2, 0) is 16.2 Å². The van der Waals surface area contributed by atoms with Gasteiger partial charge in [-0.15, -0.1) is 5.06 Å². The molecule has 15 heavy (non-hydrogen) atoms. The van der Waals surface area contributed by atoms with Crippen molar-refractivity contribution in [3.8, 4) is 0 Å². The van der Waals surface area contributed by atoms with E-state index in [9.17, 15) is 4.79 Å². The molecule has 0 spiro atoms. The molecule has 1 aromatic carbocycles. The first-order valence-electron chi connectivity index (χ1n) is 5.21. The van der Waals surface area contributed by atoms with Gasteiger partial charge in [0.05, 0.1) is 18.5 Å². The van der Waals surface area contributed by atoms with Crippen LogP contribution in [0.1, 0.15) is 19.4 Å². The summed E-state index contributed by atoms with van der Waals surface area (Å²) in [5.41, 5.74) is 1.16. The first-order valence-corrected chi connectivity index (χ1v) is 5.21. The summed E-state index contributed by atoms with van der Waals surface area (Å²) in [6.07, 6.45) is 0. The molecule has 2 rings (SSSR count). The van der Waals surface area contributed by atoms with Crippen molar-refractivity contribution < 1.29 is 9.63 Å². The minimum atomic E-state index is -0.126. The fourth-order valence-corrected chi connectivity index (χ4v) is 1.67. The van der Waals surface area contributed by atoms with Crippen LogP contribution in [0.2, 0.25) is 0 Å². The van der Waals surface area contributed by atoms with E-state index in [1.165, 1.54) is 0 Å². The summed E-state index contributed by atoms with van der Waals surface area (Å²) in [6.45, 7) is 4.58. The molecule has 1 saturated heterocycles. The molecule has 0 aliphatic carbocycles. The minimum Gasteiger partial charge on any atom is -0.367 e. The smallest absolute Gasteiger partial charge is 0.329 e. The van der Waals surface area contributed by atoms with Crippen molar-refractivity contribution in [1.29, 1.82) is 0 Å². The first kappa shape index (κ1) is 10.2. The Morgan fingerprint density at radius 3 is 2.47 bits per heavy atom. The largest absolute Gasteiger partial charge is 0.367 e. The van der Waals surface area contributed by atoms with Crippen LogP contribution in [0.15, 0.2) is 30.3 Å². The fourth-order valence-electron chi connectivity index (χ4n) is 1.67. The number of nitrogens with zero attached hydrogens (tertiary/aromatic N) is 1. The van der Waals surface area contributed by atoms with Crippen LogP contribution in [0, 0.1) is 5.92 Å². The Hall–Kier alpha value is -1.35. The average Bonchev–Trinajstić information content (AvgIpc) is 2.48. The number of hydrogen-bond acceptors (Lipinski definition) is 3. The van der Waals surface area contributed by atoms with Crippen LogP contribution in [0.25, 0.3) is 0 Å². The summed E-state index contributed by atoms with van der Waals surface area (Å²) < 4.78 is 0. The molecule has 3 heteroatoms. The Morgan fingerprint density at radius 1 is 1.27 bits per heavy atom. The lowest BCUT2D eigenvalue weighted by Gasteiger charge is -2.18. The third-order valence-electron chi connectivity index (χ3n) is 2.94. The molecule has 2 atom stereocenters. The van der Waals surface area contributed by atoms with Gasteiger partial charge in [0.1, 0.15) is 0 Å². The van der Waals surface area contributed by atoms with E-state index >= 15 is 0 Å². The van der Waals surface area contributed by atoms with Gasteiger partial charge in [0, 0.05) is 0 Å². The van der Waals surface area contributed by atoms with Gasteiger partial charge in [-0.3, -0.25) is 0 Å². The van der Waals surface area contributed by atoms with E-state index in [1.807, 2.05) is 44.2 Å². The maximum atomic E-state index is 11.3. The number of carbonyl (C=O) groups excluding carboxylic acids is 1. The molecule has 0 amide bonds. The molecule has 0 bridgehead atoms. The van der Waals surface area contributed by atoms with Crippen molar-refractivity contribution in [3.05, 3.63) is 35.9 Å². The molecule has 0 radical (unpaired) electrons. The van der Waals surface area contributed by atoms with Gasteiger partial charge in [0.25, 0.3) is 0 Å². The summed E-state index contributed by atoms with van der Waals surface area (Å²) in [7, 11) is 0. The van der Waals surface area contributed by atoms with E-state index in [2.05, 4.69) is 0 Å². The molecule has 1 aromatic rings. The van der Waals surface area contributed by atoms with Crippen molar-refractivity contribution in [2.24, 2.45) is 5.92 Å². The zero-order valence-corrected chi connectivity index (χ0v) is 9.01. The Morgan fingerprint density at radius 2 is 1.93 bits per heavy atom. The lowest BCUT2D eigenvalue weighted by atomic mass is 10.1. The van der Waals surface area contributed by atoms with Crippen LogP contribution in [0.3, 0.4) is 0 Å². The van der Waals surface area contributed by atoms with E-state index in [0.29, 0.717) is 6.54 Å². The van der Waals surface area contributed by atoms with Gasteiger partial charge in [0.15, 0.2) is 0 Å². The van der Waals surface area contributed by atoms with E-state index in [-0.39, 0.29) is 17.9 Å². The number of hydroxylamine groups is 2. The van der Waals surface area contributed by atoms with Gasteiger partial charge in [-0.1, -0.05) is 37.3 Å². The van der Waals surface area contributed by atoms with Crippen molar-refractivity contribution in [1.82, 2.24) is 5.06 Å². The van der Waals surface area contributed by atoms with Gasteiger partial charge < -0.3 is 4.84 Å². The summed E-state index contributed by atoms with van der Waals surface area (Å²) in [4.78, 5) is 16.5. The number of carbonyl (C=O) groups is 1. The van der Waals surface area contributed by atoms with Crippen molar-refractivity contribution >= 4 is 5.97 Å². The molecular weight excluding hydrogens is 190 g/mol. The summed E-state index contributed by atoms with van der Waals surface area (Å²) in [6, 6.07) is 10.2. The highest BCUT2D eigenvalue weighted by atomic mass is 16.7. The average molecular weight is 205 g/mol. The second-order valence-corrected chi connectivity index (χ2v) is 4.00. The van der Waals surface area contributed by atoms with Crippen LogP contribution >= 0.6 is 0 Å². The van der Waals surface area contributed by atoms with Gasteiger partial charge in [-0.05, 0) is 12.5 Å². The Bertz CT molecular complexity index is 350. The molecule has 1 fully saturated rings. The lowest BCUT2D eigenvalue weighted by molar-refractivity contribution is -0.177. The van der Waals surface area contributed by atoms with Crippen molar-refractivity contribution in [2.75, 3.05) is 0 Å². The molecule has 3 nitrogen and oxygen atoms in total. The molecule has 1 aliphatic heterocycles. The lowest BCUT2D eigenvalue weighted by Crippen LogP contribution is -2.27. The number of rotatable bonds is 2. The van der Waals surface area contributed by atoms with E-state index < -0.39 is 0 Å². The maximum Gasteiger partial charge on any atom is 0.329 e. The minimum absolute atomic E-state index is 0.0336. The van der Waals surface area contributed by atoms with Gasteiger partial charge >= 0.3 is 5.97 Å². The Kier molecular flexibility index (Phi) is 2.73. The highest BCUT2D eigenvalue weighted by Crippen LogP contribution is 2.23. The predicted octanol–water partition coefficient (Wildman–Crippen LogP) is 1.99. The first-order chi connectivity index (χ1) is 7.18.